The molecule has 1 aromatic heterocycles. The summed E-state index contributed by atoms with van der Waals surface area (Å²) in [6.07, 6.45) is 1.16. The molecule has 0 fully saturated rings. The number of hydrogen-bond acceptors (Lipinski definition) is 3. The molecular formula is C16H26O2S. The third-order valence-corrected chi connectivity index (χ3v) is 4.56. The van der Waals surface area contributed by atoms with Crippen molar-refractivity contribution < 1.29 is 9.47 Å². The first-order valence-electron chi connectivity index (χ1n) is 7.05. The van der Waals surface area contributed by atoms with Crippen LogP contribution in [0.15, 0.2) is 5.38 Å². The van der Waals surface area contributed by atoms with Crippen molar-refractivity contribution in [3.05, 3.63) is 10.3 Å². The van der Waals surface area contributed by atoms with E-state index in [0.717, 1.165) is 17.9 Å². The molecule has 1 atom stereocenters. The molecule has 2 rings (SSSR count). The van der Waals surface area contributed by atoms with E-state index in [4.69, 9.17) is 9.47 Å². The van der Waals surface area contributed by atoms with E-state index in [0.29, 0.717) is 24.5 Å². The van der Waals surface area contributed by atoms with Gasteiger partial charge in [-0.25, -0.2) is 0 Å². The highest BCUT2D eigenvalue weighted by Gasteiger charge is 2.35. The molecule has 0 aromatic carbocycles. The Morgan fingerprint density at radius 3 is 2.32 bits per heavy atom. The van der Waals surface area contributed by atoms with Gasteiger partial charge in [-0.3, -0.25) is 0 Å². The lowest BCUT2D eigenvalue weighted by atomic mass is 9.71. The van der Waals surface area contributed by atoms with Crippen LogP contribution in [-0.4, -0.2) is 13.2 Å². The lowest BCUT2D eigenvalue weighted by Gasteiger charge is -2.35. The molecule has 0 spiro atoms. The average Bonchev–Trinajstić information content (AvgIpc) is 2.66. The number of thiophene rings is 1. The summed E-state index contributed by atoms with van der Waals surface area (Å²) in [6, 6.07) is 0. The van der Waals surface area contributed by atoms with E-state index in [1.54, 1.807) is 11.3 Å². The van der Waals surface area contributed by atoms with Crippen LogP contribution in [0.3, 0.4) is 0 Å². The van der Waals surface area contributed by atoms with Crippen LogP contribution < -0.4 is 9.47 Å². The third kappa shape index (κ3) is 3.44. The number of rotatable bonds is 2. The summed E-state index contributed by atoms with van der Waals surface area (Å²) in [4.78, 5) is 1.36. The summed E-state index contributed by atoms with van der Waals surface area (Å²) >= 11 is 1.79. The third-order valence-electron chi connectivity index (χ3n) is 3.51. The zero-order valence-corrected chi connectivity index (χ0v) is 13.8. The highest BCUT2D eigenvalue weighted by molar-refractivity contribution is 7.10. The Morgan fingerprint density at radius 1 is 1.11 bits per heavy atom. The van der Waals surface area contributed by atoms with Crippen molar-refractivity contribution in [2.24, 2.45) is 10.8 Å². The summed E-state index contributed by atoms with van der Waals surface area (Å²) in [5.74, 6) is 2.44. The lowest BCUT2D eigenvalue weighted by molar-refractivity contribution is 0.165. The quantitative estimate of drug-likeness (QED) is 0.752. The van der Waals surface area contributed by atoms with Crippen molar-refractivity contribution >= 4 is 11.3 Å². The van der Waals surface area contributed by atoms with Gasteiger partial charge in [0.05, 0.1) is 4.88 Å². The molecule has 1 aliphatic heterocycles. The zero-order chi connectivity index (χ0) is 14.3. The molecule has 2 nitrogen and oxygen atoms in total. The van der Waals surface area contributed by atoms with Gasteiger partial charge in [-0.1, -0.05) is 41.5 Å². The van der Waals surface area contributed by atoms with E-state index in [-0.39, 0.29) is 5.41 Å². The molecule has 19 heavy (non-hydrogen) atoms. The number of ether oxygens (including phenoxy) is 2. The first kappa shape index (κ1) is 14.7. The monoisotopic (exact) mass is 282 g/mol. The van der Waals surface area contributed by atoms with Crippen LogP contribution in [-0.2, 0) is 0 Å². The SMILES string of the molecule is CC(C)(C)CC(c1scc2c1OCCO2)C(C)(C)C. The Morgan fingerprint density at radius 2 is 1.74 bits per heavy atom. The average molecular weight is 282 g/mol. The minimum Gasteiger partial charge on any atom is -0.485 e. The van der Waals surface area contributed by atoms with E-state index in [2.05, 4.69) is 46.9 Å². The summed E-state index contributed by atoms with van der Waals surface area (Å²) in [5, 5.41) is 2.10. The Balaban J connectivity index is 2.36. The largest absolute Gasteiger partial charge is 0.485 e. The maximum absolute atomic E-state index is 5.87. The summed E-state index contributed by atoms with van der Waals surface area (Å²) in [5.41, 5.74) is 0.539. The molecule has 1 aromatic rings. The van der Waals surface area contributed by atoms with Gasteiger partial charge in [0.15, 0.2) is 11.5 Å². The Bertz CT molecular complexity index is 435. The number of hydrogen-bond donors (Lipinski definition) is 0. The predicted molar refractivity (Wildman–Crippen MR) is 81.6 cm³/mol. The molecule has 0 saturated heterocycles. The van der Waals surface area contributed by atoms with Crippen molar-refractivity contribution in [1.29, 1.82) is 0 Å². The zero-order valence-electron chi connectivity index (χ0n) is 13.0. The fourth-order valence-electron chi connectivity index (χ4n) is 2.53. The van der Waals surface area contributed by atoms with Crippen LogP contribution in [0.2, 0.25) is 0 Å². The van der Waals surface area contributed by atoms with Gasteiger partial charge in [0.2, 0.25) is 0 Å². The normalized spacial score (nSPS) is 17.4. The second-order valence-corrected chi connectivity index (χ2v) is 8.58. The van der Waals surface area contributed by atoms with Crippen molar-refractivity contribution in [3.8, 4) is 11.5 Å². The van der Waals surface area contributed by atoms with Crippen molar-refractivity contribution in [2.45, 2.75) is 53.9 Å². The minimum absolute atomic E-state index is 0.229. The molecule has 0 saturated carbocycles. The van der Waals surface area contributed by atoms with Crippen molar-refractivity contribution in [3.63, 3.8) is 0 Å². The van der Waals surface area contributed by atoms with Gasteiger partial charge in [-0.2, -0.15) is 0 Å². The van der Waals surface area contributed by atoms with Gasteiger partial charge in [-0.15, -0.1) is 11.3 Å². The van der Waals surface area contributed by atoms with Gasteiger partial charge in [-0.05, 0) is 17.3 Å². The second kappa shape index (κ2) is 5.01. The van der Waals surface area contributed by atoms with Crippen LogP contribution in [0.25, 0.3) is 0 Å². The van der Waals surface area contributed by atoms with E-state index < -0.39 is 0 Å². The van der Waals surface area contributed by atoms with Crippen molar-refractivity contribution in [1.82, 2.24) is 0 Å². The molecule has 1 aliphatic rings. The molecule has 0 amide bonds. The molecule has 0 bridgehead atoms. The standard InChI is InChI=1S/C16H26O2S/c1-15(2,3)9-11(16(4,5)6)14-13-12(10-19-14)17-7-8-18-13/h10-11H,7-9H2,1-6H3. The summed E-state index contributed by atoms with van der Waals surface area (Å²) < 4.78 is 11.6. The summed E-state index contributed by atoms with van der Waals surface area (Å²) in [7, 11) is 0. The van der Waals surface area contributed by atoms with Crippen LogP contribution >= 0.6 is 11.3 Å². The van der Waals surface area contributed by atoms with E-state index in [9.17, 15) is 0 Å². The first-order valence-corrected chi connectivity index (χ1v) is 7.93. The van der Waals surface area contributed by atoms with Gasteiger partial charge in [0.25, 0.3) is 0 Å². The smallest absolute Gasteiger partial charge is 0.175 e. The molecular weight excluding hydrogens is 256 g/mol. The topological polar surface area (TPSA) is 18.5 Å². The fourth-order valence-corrected chi connectivity index (χ4v) is 3.80. The predicted octanol–water partition coefficient (Wildman–Crippen LogP) is 5.09. The Hall–Kier alpha value is -0.700. The highest BCUT2D eigenvalue weighted by atomic mass is 32.1. The summed E-state index contributed by atoms with van der Waals surface area (Å²) in [6.45, 7) is 15.2. The maximum Gasteiger partial charge on any atom is 0.175 e. The van der Waals surface area contributed by atoms with Crippen molar-refractivity contribution in [2.75, 3.05) is 13.2 Å². The first-order chi connectivity index (χ1) is 8.68. The lowest BCUT2D eigenvalue weighted by Crippen LogP contribution is -2.24. The minimum atomic E-state index is 0.229. The Labute approximate surface area is 121 Å². The number of fused-ring (bicyclic) bond motifs is 1. The van der Waals surface area contributed by atoms with E-state index in [1.807, 2.05) is 0 Å². The molecule has 3 heteroatoms. The van der Waals surface area contributed by atoms with E-state index in [1.165, 1.54) is 4.88 Å². The van der Waals surface area contributed by atoms with Crippen LogP contribution in [0.1, 0.15) is 58.8 Å². The van der Waals surface area contributed by atoms with Gasteiger partial charge >= 0.3 is 0 Å². The molecule has 0 radical (unpaired) electrons. The maximum atomic E-state index is 5.87. The van der Waals surface area contributed by atoms with E-state index >= 15 is 0 Å². The Kier molecular flexibility index (Phi) is 3.87. The molecule has 1 unspecified atom stereocenters. The molecule has 108 valence electrons. The van der Waals surface area contributed by atoms with Crippen LogP contribution in [0.4, 0.5) is 0 Å². The second-order valence-electron chi connectivity index (χ2n) is 7.67. The molecule has 2 heterocycles. The highest BCUT2D eigenvalue weighted by Crippen LogP contribution is 2.52. The molecule has 0 N–H and O–H groups in total. The molecule has 0 aliphatic carbocycles. The van der Waals surface area contributed by atoms with Crippen LogP contribution in [0, 0.1) is 10.8 Å². The van der Waals surface area contributed by atoms with Gasteiger partial charge in [0.1, 0.15) is 13.2 Å². The van der Waals surface area contributed by atoms with Gasteiger partial charge < -0.3 is 9.47 Å². The fraction of sp³-hybridized carbons (Fsp3) is 0.750. The van der Waals surface area contributed by atoms with Gasteiger partial charge in [0, 0.05) is 11.3 Å². The van der Waals surface area contributed by atoms with Crippen LogP contribution in [0.5, 0.6) is 11.5 Å².